The van der Waals surface area contributed by atoms with E-state index in [0.717, 1.165) is 38.8 Å². The number of hydrogen-bond donors (Lipinski definition) is 2. The van der Waals surface area contributed by atoms with Gasteiger partial charge in [-0.15, -0.1) is 0 Å². The van der Waals surface area contributed by atoms with Crippen LogP contribution in [0.4, 0.5) is 0 Å². The second-order valence-electron chi connectivity index (χ2n) is 4.77. The van der Waals surface area contributed by atoms with Gasteiger partial charge in [0.2, 0.25) is 10.0 Å². The van der Waals surface area contributed by atoms with Crippen LogP contribution in [0, 0.1) is 11.8 Å². The molecule has 4 nitrogen and oxygen atoms in total. The molecule has 1 aliphatic carbocycles. The number of hydrogen-bond acceptors (Lipinski definition) is 3. The van der Waals surface area contributed by atoms with Gasteiger partial charge in [0.15, 0.2) is 0 Å². The van der Waals surface area contributed by atoms with Crippen molar-refractivity contribution in [3.05, 3.63) is 0 Å². The molecule has 0 amide bonds. The Morgan fingerprint density at radius 2 is 1.73 bits per heavy atom. The number of sulfonamides is 1. The Bertz CT molecular complexity index is 293. The summed E-state index contributed by atoms with van der Waals surface area (Å²) in [5.74, 6) is 1.31. The van der Waals surface area contributed by atoms with E-state index < -0.39 is 10.0 Å². The van der Waals surface area contributed by atoms with Crippen molar-refractivity contribution < 1.29 is 8.42 Å². The molecule has 1 saturated carbocycles. The van der Waals surface area contributed by atoms with Gasteiger partial charge in [-0.25, -0.2) is 13.1 Å². The van der Waals surface area contributed by atoms with Crippen LogP contribution in [-0.4, -0.2) is 33.8 Å². The molecule has 1 aliphatic heterocycles. The zero-order valence-corrected chi connectivity index (χ0v) is 9.85. The lowest BCUT2D eigenvalue weighted by molar-refractivity contribution is 0.372. The van der Waals surface area contributed by atoms with Crippen LogP contribution in [0.5, 0.6) is 0 Å². The lowest BCUT2D eigenvalue weighted by Gasteiger charge is -2.22. The maximum absolute atomic E-state index is 11.6. The molecule has 0 spiro atoms. The average Bonchev–Trinajstić information content (AvgIpc) is 3.00. The van der Waals surface area contributed by atoms with E-state index in [1.165, 1.54) is 0 Å². The van der Waals surface area contributed by atoms with E-state index in [1.54, 1.807) is 0 Å². The Balaban J connectivity index is 1.70. The van der Waals surface area contributed by atoms with E-state index in [2.05, 4.69) is 10.0 Å². The van der Waals surface area contributed by atoms with Gasteiger partial charge in [-0.05, 0) is 50.6 Å². The predicted octanol–water partition coefficient (Wildman–Crippen LogP) is 0.315. The smallest absolute Gasteiger partial charge is 0.211 e. The fraction of sp³-hybridized carbons (Fsp3) is 1.00. The molecule has 2 N–H and O–H groups in total. The van der Waals surface area contributed by atoms with E-state index in [-0.39, 0.29) is 0 Å². The molecule has 1 saturated heterocycles. The van der Waals surface area contributed by atoms with Crippen LogP contribution in [0.1, 0.15) is 25.7 Å². The van der Waals surface area contributed by atoms with Crippen LogP contribution in [0.2, 0.25) is 0 Å². The Hall–Kier alpha value is -0.130. The Morgan fingerprint density at radius 3 is 2.33 bits per heavy atom. The van der Waals surface area contributed by atoms with Gasteiger partial charge in [0.1, 0.15) is 0 Å². The topological polar surface area (TPSA) is 58.2 Å². The summed E-state index contributed by atoms with van der Waals surface area (Å²) in [7, 11) is -2.99. The van der Waals surface area contributed by atoms with Crippen LogP contribution in [0.25, 0.3) is 0 Å². The van der Waals surface area contributed by atoms with Gasteiger partial charge >= 0.3 is 0 Å². The first-order valence-electron chi connectivity index (χ1n) is 5.84. The molecule has 1 heterocycles. The SMILES string of the molecule is O=S(=O)(CC1CC1)NCC1CCNCC1. The molecule has 0 bridgehead atoms. The molecule has 2 rings (SSSR count). The van der Waals surface area contributed by atoms with Gasteiger partial charge in [0, 0.05) is 6.54 Å². The molecule has 0 atom stereocenters. The predicted molar refractivity (Wildman–Crippen MR) is 60.1 cm³/mol. The Morgan fingerprint density at radius 1 is 1.07 bits per heavy atom. The van der Waals surface area contributed by atoms with E-state index in [1.807, 2.05) is 0 Å². The molecule has 88 valence electrons. The molecule has 0 aromatic rings. The summed E-state index contributed by atoms with van der Waals surface area (Å²) in [6, 6.07) is 0. The number of rotatable bonds is 5. The highest BCUT2D eigenvalue weighted by atomic mass is 32.2. The van der Waals surface area contributed by atoms with Gasteiger partial charge in [-0.3, -0.25) is 0 Å². The molecule has 15 heavy (non-hydrogen) atoms. The van der Waals surface area contributed by atoms with Gasteiger partial charge in [-0.1, -0.05) is 0 Å². The Labute approximate surface area is 91.9 Å². The largest absolute Gasteiger partial charge is 0.317 e. The molecule has 5 heteroatoms. The van der Waals surface area contributed by atoms with Crippen LogP contribution in [0.15, 0.2) is 0 Å². The summed E-state index contributed by atoms with van der Waals surface area (Å²) in [4.78, 5) is 0. The van der Waals surface area contributed by atoms with Crippen molar-refractivity contribution in [1.29, 1.82) is 0 Å². The third-order valence-electron chi connectivity index (χ3n) is 3.20. The fourth-order valence-corrected chi connectivity index (χ4v) is 3.55. The van der Waals surface area contributed by atoms with E-state index in [0.29, 0.717) is 24.1 Å². The summed E-state index contributed by atoms with van der Waals surface area (Å²) in [6.45, 7) is 2.68. The highest BCUT2D eigenvalue weighted by Gasteiger charge is 2.28. The van der Waals surface area contributed by atoms with Crippen LogP contribution in [-0.2, 0) is 10.0 Å². The van der Waals surface area contributed by atoms with Crippen LogP contribution >= 0.6 is 0 Å². The third kappa shape index (κ3) is 4.09. The van der Waals surface area contributed by atoms with Crippen molar-refractivity contribution in [1.82, 2.24) is 10.0 Å². The Kier molecular flexibility index (Phi) is 3.64. The number of piperidine rings is 1. The summed E-state index contributed by atoms with van der Waals surface area (Å²) in [5.41, 5.74) is 0. The molecule has 0 radical (unpaired) electrons. The normalized spacial score (nSPS) is 24.3. The quantitative estimate of drug-likeness (QED) is 0.717. The van der Waals surface area contributed by atoms with Crippen molar-refractivity contribution >= 4 is 10.0 Å². The molecule has 0 aromatic heterocycles. The van der Waals surface area contributed by atoms with Crippen molar-refractivity contribution in [3.8, 4) is 0 Å². The van der Waals surface area contributed by atoms with Gasteiger partial charge in [0.25, 0.3) is 0 Å². The highest BCUT2D eigenvalue weighted by Crippen LogP contribution is 2.29. The second-order valence-corrected chi connectivity index (χ2v) is 6.62. The van der Waals surface area contributed by atoms with E-state index in [9.17, 15) is 8.42 Å². The molecular weight excluding hydrogens is 212 g/mol. The maximum atomic E-state index is 11.6. The van der Waals surface area contributed by atoms with Crippen LogP contribution < -0.4 is 10.0 Å². The zero-order chi connectivity index (χ0) is 10.7. The summed E-state index contributed by atoms with van der Waals surface area (Å²) in [6.07, 6.45) is 4.36. The van der Waals surface area contributed by atoms with Crippen molar-refractivity contribution in [3.63, 3.8) is 0 Å². The molecule has 0 aromatic carbocycles. The van der Waals surface area contributed by atoms with Gasteiger partial charge in [0.05, 0.1) is 5.75 Å². The van der Waals surface area contributed by atoms with Crippen molar-refractivity contribution in [2.45, 2.75) is 25.7 Å². The minimum atomic E-state index is -2.99. The maximum Gasteiger partial charge on any atom is 0.211 e. The lowest BCUT2D eigenvalue weighted by Crippen LogP contribution is -2.37. The highest BCUT2D eigenvalue weighted by molar-refractivity contribution is 7.89. The number of nitrogens with one attached hydrogen (secondary N) is 2. The average molecular weight is 232 g/mol. The summed E-state index contributed by atoms with van der Waals surface area (Å²) >= 11 is 0. The van der Waals surface area contributed by atoms with Gasteiger partial charge in [-0.2, -0.15) is 0 Å². The minimum absolute atomic E-state index is 0.345. The fourth-order valence-electron chi connectivity index (χ4n) is 1.98. The molecule has 2 fully saturated rings. The first kappa shape index (κ1) is 11.4. The van der Waals surface area contributed by atoms with Crippen LogP contribution in [0.3, 0.4) is 0 Å². The minimum Gasteiger partial charge on any atom is -0.317 e. The first-order valence-corrected chi connectivity index (χ1v) is 7.49. The molecule has 0 unspecified atom stereocenters. The monoisotopic (exact) mass is 232 g/mol. The molecular formula is C10H20N2O2S. The van der Waals surface area contributed by atoms with Crippen molar-refractivity contribution in [2.24, 2.45) is 11.8 Å². The van der Waals surface area contributed by atoms with E-state index in [4.69, 9.17) is 0 Å². The standard InChI is InChI=1S/C10H20N2O2S/c13-15(14,8-10-1-2-10)12-7-9-3-5-11-6-4-9/h9-12H,1-8H2. The summed E-state index contributed by atoms with van der Waals surface area (Å²) < 4.78 is 25.9. The van der Waals surface area contributed by atoms with Crippen molar-refractivity contribution in [2.75, 3.05) is 25.4 Å². The second kappa shape index (κ2) is 4.80. The van der Waals surface area contributed by atoms with Gasteiger partial charge < -0.3 is 5.32 Å². The first-order chi connectivity index (χ1) is 7.16. The third-order valence-corrected chi connectivity index (χ3v) is 4.72. The lowest BCUT2D eigenvalue weighted by atomic mass is 9.99. The zero-order valence-electron chi connectivity index (χ0n) is 9.04. The molecule has 2 aliphatic rings. The summed E-state index contributed by atoms with van der Waals surface area (Å²) in [5, 5.41) is 3.28. The van der Waals surface area contributed by atoms with E-state index >= 15 is 0 Å².